The minimum atomic E-state index is -0.276. The van der Waals surface area contributed by atoms with E-state index in [4.69, 9.17) is 10.5 Å². The Morgan fingerprint density at radius 1 is 0.960 bits per heavy atom. The molecule has 2 N–H and O–H groups in total. The van der Waals surface area contributed by atoms with Crippen LogP contribution in [0.1, 0.15) is 49.9 Å². The summed E-state index contributed by atoms with van der Waals surface area (Å²) in [4.78, 5) is 14.9. The largest absolute Gasteiger partial charge is 0.461 e. The number of anilines is 1. The number of nitrogens with two attached hydrogens (primary N) is 1. The average molecular weight is 342 g/mol. The molecule has 0 aliphatic carbocycles. The SMILES string of the molecule is CCCCN(CCCC)CCOC(=O)c1ccc(N)c2ccccc12. The number of hydrogen-bond acceptors (Lipinski definition) is 4. The first kappa shape index (κ1) is 19.3. The third kappa shape index (κ3) is 5.46. The summed E-state index contributed by atoms with van der Waals surface area (Å²) in [5, 5.41) is 1.74. The normalized spacial score (nSPS) is 11.2. The van der Waals surface area contributed by atoms with Crippen molar-refractivity contribution in [2.24, 2.45) is 0 Å². The summed E-state index contributed by atoms with van der Waals surface area (Å²) in [7, 11) is 0. The molecular formula is C21H30N2O2. The number of nitrogens with zero attached hydrogens (tertiary/aromatic N) is 1. The standard InChI is InChI=1S/C21H30N2O2/c1-3-5-13-23(14-6-4-2)15-16-25-21(24)19-11-12-20(22)18-10-8-7-9-17(18)19/h7-12H,3-6,13-16,22H2,1-2H3. The van der Waals surface area contributed by atoms with Crippen LogP contribution < -0.4 is 5.73 Å². The van der Waals surface area contributed by atoms with Gasteiger partial charge in [0.15, 0.2) is 0 Å². The zero-order chi connectivity index (χ0) is 18.1. The van der Waals surface area contributed by atoms with Gasteiger partial charge in [0.25, 0.3) is 0 Å². The maximum absolute atomic E-state index is 12.5. The number of carbonyl (C=O) groups excluding carboxylic acids is 1. The Bertz CT molecular complexity index is 677. The van der Waals surface area contributed by atoms with Crippen LogP contribution in [0.25, 0.3) is 10.8 Å². The van der Waals surface area contributed by atoms with Crippen molar-refractivity contribution >= 4 is 22.4 Å². The van der Waals surface area contributed by atoms with Gasteiger partial charge >= 0.3 is 5.97 Å². The third-order valence-corrected chi connectivity index (χ3v) is 4.47. The Morgan fingerprint density at radius 2 is 1.60 bits per heavy atom. The van der Waals surface area contributed by atoms with Crippen LogP contribution in [0, 0.1) is 0 Å². The topological polar surface area (TPSA) is 55.6 Å². The van der Waals surface area contributed by atoms with Gasteiger partial charge in [0.2, 0.25) is 0 Å². The molecule has 0 radical (unpaired) electrons. The monoisotopic (exact) mass is 342 g/mol. The Labute approximate surface area is 151 Å². The van der Waals surface area contributed by atoms with Gasteiger partial charge < -0.3 is 10.5 Å². The highest BCUT2D eigenvalue weighted by Gasteiger charge is 2.13. The highest BCUT2D eigenvalue weighted by molar-refractivity contribution is 6.07. The zero-order valence-corrected chi connectivity index (χ0v) is 15.5. The van der Waals surface area contributed by atoms with Gasteiger partial charge in [0.05, 0.1) is 5.56 Å². The van der Waals surface area contributed by atoms with Gasteiger partial charge in [-0.05, 0) is 43.5 Å². The van der Waals surface area contributed by atoms with E-state index in [9.17, 15) is 4.79 Å². The van der Waals surface area contributed by atoms with E-state index < -0.39 is 0 Å². The van der Waals surface area contributed by atoms with Crippen LogP contribution in [0.5, 0.6) is 0 Å². The average Bonchev–Trinajstić information content (AvgIpc) is 2.64. The maximum Gasteiger partial charge on any atom is 0.338 e. The molecule has 4 heteroatoms. The molecule has 0 saturated heterocycles. The van der Waals surface area contributed by atoms with Gasteiger partial charge in [0, 0.05) is 17.6 Å². The van der Waals surface area contributed by atoms with Crippen LogP contribution in [-0.4, -0.2) is 37.1 Å². The molecule has 2 aromatic carbocycles. The Hall–Kier alpha value is -2.07. The lowest BCUT2D eigenvalue weighted by Gasteiger charge is -2.21. The molecule has 0 spiro atoms. The van der Waals surface area contributed by atoms with Gasteiger partial charge in [-0.3, -0.25) is 4.90 Å². The summed E-state index contributed by atoms with van der Waals surface area (Å²) in [5.74, 6) is -0.276. The van der Waals surface area contributed by atoms with Crippen LogP contribution in [-0.2, 0) is 4.74 Å². The lowest BCUT2D eigenvalue weighted by molar-refractivity contribution is 0.0462. The van der Waals surface area contributed by atoms with Crippen LogP contribution in [0.4, 0.5) is 5.69 Å². The molecule has 0 fully saturated rings. The number of unbranched alkanes of at least 4 members (excludes halogenated alkanes) is 2. The molecule has 0 aromatic heterocycles. The summed E-state index contributed by atoms with van der Waals surface area (Å²) < 4.78 is 5.55. The smallest absolute Gasteiger partial charge is 0.338 e. The zero-order valence-electron chi connectivity index (χ0n) is 15.5. The first-order valence-electron chi connectivity index (χ1n) is 9.34. The van der Waals surface area contributed by atoms with E-state index in [1.54, 1.807) is 12.1 Å². The fourth-order valence-electron chi connectivity index (χ4n) is 2.94. The van der Waals surface area contributed by atoms with Crippen molar-refractivity contribution in [2.75, 3.05) is 32.0 Å². The van der Waals surface area contributed by atoms with Crippen molar-refractivity contribution in [1.29, 1.82) is 0 Å². The van der Waals surface area contributed by atoms with Crippen molar-refractivity contribution in [3.63, 3.8) is 0 Å². The molecule has 0 amide bonds. The number of ether oxygens (including phenoxy) is 1. The molecule has 2 aromatic rings. The molecule has 0 heterocycles. The Morgan fingerprint density at radius 3 is 2.24 bits per heavy atom. The van der Waals surface area contributed by atoms with E-state index >= 15 is 0 Å². The first-order chi connectivity index (χ1) is 12.2. The third-order valence-electron chi connectivity index (χ3n) is 4.47. The summed E-state index contributed by atoms with van der Waals surface area (Å²) in [5.41, 5.74) is 7.26. The number of carbonyl (C=O) groups is 1. The molecule has 0 aliphatic rings. The molecule has 0 saturated carbocycles. The molecule has 0 bridgehead atoms. The van der Waals surface area contributed by atoms with Crippen LogP contribution in [0.2, 0.25) is 0 Å². The van der Waals surface area contributed by atoms with Crippen LogP contribution >= 0.6 is 0 Å². The van der Waals surface area contributed by atoms with E-state index in [0.717, 1.165) is 30.4 Å². The quantitative estimate of drug-likeness (QED) is 0.511. The lowest BCUT2D eigenvalue weighted by atomic mass is 10.0. The summed E-state index contributed by atoms with van der Waals surface area (Å²) in [6.45, 7) is 7.75. The van der Waals surface area contributed by atoms with Crippen LogP contribution in [0.15, 0.2) is 36.4 Å². The predicted octanol–water partition coefficient (Wildman–Crippen LogP) is 4.48. The summed E-state index contributed by atoms with van der Waals surface area (Å²) >= 11 is 0. The molecular weight excluding hydrogens is 312 g/mol. The Kier molecular flexibility index (Phi) is 7.74. The second-order valence-corrected chi connectivity index (χ2v) is 6.43. The van der Waals surface area contributed by atoms with Crippen molar-refractivity contribution in [3.05, 3.63) is 42.0 Å². The van der Waals surface area contributed by atoms with Crippen LogP contribution in [0.3, 0.4) is 0 Å². The number of benzene rings is 2. The highest BCUT2D eigenvalue weighted by atomic mass is 16.5. The molecule has 0 unspecified atom stereocenters. The maximum atomic E-state index is 12.5. The second-order valence-electron chi connectivity index (χ2n) is 6.43. The number of hydrogen-bond donors (Lipinski definition) is 1. The fraction of sp³-hybridized carbons (Fsp3) is 0.476. The molecule has 4 nitrogen and oxygen atoms in total. The molecule has 0 aliphatic heterocycles. The van der Waals surface area contributed by atoms with E-state index in [-0.39, 0.29) is 5.97 Å². The molecule has 0 atom stereocenters. The van der Waals surface area contributed by atoms with E-state index in [1.165, 1.54) is 25.7 Å². The highest BCUT2D eigenvalue weighted by Crippen LogP contribution is 2.25. The van der Waals surface area contributed by atoms with E-state index in [0.29, 0.717) is 17.9 Å². The van der Waals surface area contributed by atoms with Gasteiger partial charge in [-0.15, -0.1) is 0 Å². The van der Waals surface area contributed by atoms with Crippen molar-refractivity contribution in [2.45, 2.75) is 39.5 Å². The summed E-state index contributed by atoms with van der Waals surface area (Å²) in [6, 6.07) is 11.2. The fourth-order valence-corrected chi connectivity index (χ4v) is 2.94. The first-order valence-corrected chi connectivity index (χ1v) is 9.34. The number of nitrogen functional groups attached to an aromatic ring is 1. The van der Waals surface area contributed by atoms with Gasteiger partial charge in [0.1, 0.15) is 6.61 Å². The summed E-state index contributed by atoms with van der Waals surface area (Å²) in [6.07, 6.45) is 4.72. The van der Waals surface area contributed by atoms with E-state index in [1.807, 2.05) is 24.3 Å². The Balaban J connectivity index is 1.96. The van der Waals surface area contributed by atoms with Gasteiger partial charge in [-0.1, -0.05) is 51.0 Å². The lowest BCUT2D eigenvalue weighted by Crippen LogP contribution is -2.30. The van der Waals surface area contributed by atoms with Crippen molar-refractivity contribution < 1.29 is 9.53 Å². The van der Waals surface area contributed by atoms with Crippen molar-refractivity contribution in [3.8, 4) is 0 Å². The number of rotatable bonds is 10. The molecule has 136 valence electrons. The second kappa shape index (κ2) is 10.0. The molecule has 2 rings (SSSR count). The number of fused-ring (bicyclic) bond motifs is 1. The minimum Gasteiger partial charge on any atom is -0.461 e. The molecule has 25 heavy (non-hydrogen) atoms. The van der Waals surface area contributed by atoms with Gasteiger partial charge in [-0.25, -0.2) is 4.79 Å². The number of esters is 1. The predicted molar refractivity (Wildman–Crippen MR) is 105 cm³/mol. The van der Waals surface area contributed by atoms with Crippen molar-refractivity contribution in [1.82, 2.24) is 4.90 Å². The van der Waals surface area contributed by atoms with E-state index in [2.05, 4.69) is 18.7 Å². The van der Waals surface area contributed by atoms with Gasteiger partial charge in [-0.2, -0.15) is 0 Å². The minimum absolute atomic E-state index is 0.276.